The number of anilines is 1. The molecule has 18 heavy (non-hydrogen) atoms. The third-order valence-electron chi connectivity index (χ3n) is 2.13. The summed E-state index contributed by atoms with van der Waals surface area (Å²) in [5.74, 6) is -1.04. The van der Waals surface area contributed by atoms with E-state index >= 15 is 0 Å². The van der Waals surface area contributed by atoms with Crippen LogP contribution < -0.4 is 10.6 Å². The van der Waals surface area contributed by atoms with Crippen molar-refractivity contribution in [3.63, 3.8) is 0 Å². The van der Waals surface area contributed by atoms with Crippen LogP contribution >= 0.6 is 31.9 Å². The Kier molecular flexibility index (Phi) is 4.97. The number of primary amides is 1. The molecule has 0 atom stereocenters. The summed E-state index contributed by atoms with van der Waals surface area (Å²) in [5.41, 5.74) is 5.58. The second-order valence-corrected chi connectivity index (χ2v) is 5.10. The number of hydrogen-bond donors (Lipinski definition) is 3. The zero-order valence-corrected chi connectivity index (χ0v) is 12.2. The SMILES string of the molecule is NC(=O)N(CCC(=O)O)c1cc(Br)c(O)c(Br)c1. The monoisotopic (exact) mass is 380 g/mol. The van der Waals surface area contributed by atoms with Crippen molar-refractivity contribution in [1.82, 2.24) is 0 Å². The van der Waals surface area contributed by atoms with Crippen molar-refractivity contribution >= 4 is 49.5 Å². The van der Waals surface area contributed by atoms with E-state index < -0.39 is 12.0 Å². The number of urea groups is 1. The number of carboxylic acids is 1. The minimum atomic E-state index is -1.03. The van der Waals surface area contributed by atoms with Crippen molar-refractivity contribution in [3.8, 4) is 5.75 Å². The van der Waals surface area contributed by atoms with Crippen LogP contribution in [-0.2, 0) is 4.79 Å². The summed E-state index contributed by atoms with van der Waals surface area (Å²) in [7, 11) is 0. The fourth-order valence-corrected chi connectivity index (χ4v) is 2.44. The molecule has 0 saturated heterocycles. The molecule has 0 aliphatic heterocycles. The average Bonchev–Trinajstić information content (AvgIpc) is 2.25. The predicted molar refractivity (Wildman–Crippen MR) is 72.7 cm³/mol. The second kappa shape index (κ2) is 6.05. The fourth-order valence-electron chi connectivity index (χ4n) is 1.28. The van der Waals surface area contributed by atoms with E-state index in [4.69, 9.17) is 10.8 Å². The van der Waals surface area contributed by atoms with Gasteiger partial charge in [-0.1, -0.05) is 0 Å². The molecule has 0 saturated carbocycles. The van der Waals surface area contributed by atoms with Gasteiger partial charge in [0.15, 0.2) is 0 Å². The largest absolute Gasteiger partial charge is 0.506 e. The highest BCUT2D eigenvalue weighted by Gasteiger charge is 2.16. The average molecular weight is 382 g/mol. The number of carboxylic acid groups (broad SMARTS) is 1. The molecule has 8 heteroatoms. The summed E-state index contributed by atoms with van der Waals surface area (Å²) in [4.78, 5) is 22.9. The first-order chi connectivity index (χ1) is 8.32. The summed E-state index contributed by atoms with van der Waals surface area (Å²) >= 11 is 6.24. The molecule has 0 aliphatic rings. The number of phenolic OH excluding ortho intramolecular Hbond substituents is 1. The van der Waals surface area contributed by atoms with Crippen LogP contribution in [0.4, 0.5) is 10.5 Å². The van der Waals surface area contributed by atoms with Gasteiger partial charge >= 0.3 is 12.0 Å². The number of nitrogens with zero attached hydrogens (tertiary/aromatic N) is 1. The predicted octanol–water partition coefficient (Wildman–Crippen LogP) is 2.28. The van der Waals surface area contributed by atoms with Gasteiger partial charge in [-0.2, -0.15) is 0 Å². The van der Waals surface area contributed by atoms with Crippen LogP contribution in [0.15, 0.2) is 21.1 Å². The number of carbonyl (C=O) groups is 2. The molecule has 0 bridgehead atoms. The van der Waals surface area contributed by atoms with Crippen molar-refractivity contribution in [1.29, 1.82) is 0 Å². The number of aromatic hydroxyl groups is 1. The number of hydrogen-bond acceptors (Lipinski definition) is 3. The fraction of sp³-hybridized carbons (Fsp3) is 0.200. The maximum atomic E-state index is 11.3. The van der Waals surface area contributed by atoms with Gasteiger partial charge in [-0.25, -0.2) is 4.79 Å². The molecule has 1 aromatic rings. The number of benzene rings is 1. The third-order valence-corrected chi connectivity index (χ3v) is 3.34. The Morgan fingerprint density at radius 2 is 1.78 bits per heavy atom. The molecule has 0 spiro atoms. The highest BCUT2D eigenvalue weighted by molar-refractivity contribution is 9.11. The van der Waals surface area contributed by atoms with Crippen molar-refractivity contribution < 1.29 is 19.8 Å². The van der Waals surface area contributed by atoms with Gasteiger partial charge in [0.05, 0.1) is 15.4 Å². The highest BCUT2D eigenvalue weighted by atomic mass is 79.9. The third kappa shape index (κ3) is 3.61. The topological polar surface area (TPSA) is 104 Å². The maximum absolute atomic E-state index is 11.3. The number of phenols is 1. The highest BCUT2D eigenvalue weighted by Crippen LogP contribution is 2.36. The van der Waals surface area contributed by atoms with Gasteiger partial charge in [-0.05, 0) is 44.0 Å². The molecule has 0 aromatic heterocycles. The zero-order chi connectivity index (χ0) is 13.9. The van der Waals surface area contributed by atoms with Gasteiger partial charge in [-0.15, -0.1) is 0 Å². The van der Waals surface area contributed by atoms with Crippen LogP contribution in [0.5, 0.6) is 5.75 Å². The number of aliphatic carboxylic acids is 1. The van der Waals surface area contributed by atoms with E-state index in [2.05, 4.69) is 31.9 Å². The molecule has 0 fully saturated rings. The summed E-state index contributed by atoms with van der Waals surface area (Å²) in [5, 5.41) is 18.2. The lowest BCUT2D eigenvalue weighted by Gasteiger charge is -2.20. The Morgan fingerprint density at radius 3 is 2.17 bits per heavy atom. The van der Waals surface area contributed by atoms with Crippen molar-refractivity contribution in [2.75, 3.05) is 11.4 Å². The standard InChI is InChI=1S/C10H10Br2N2O4/c11-6-3-5(4-7(12)9(6)17)14(10(13)18)2-1-8(15)16/h3-4,17H,1-2H2,(H2,13,18)(H,15,16). The van der Waals surface area contributed by atoms with E-state index in [1.807, 2.05) is 0 Å². The molecule has 0 aliphatic carbocycles. The molecular weight excluding hydrogens is 372 g/mol. The molecule has 0 radical (unpaired) electrons. The number of carbonyl (C=O) groups excluding carboxylic acids is 1. The van der Waals surface area contributed by atoms with Crippen molar-refractivity contribution in [2.24, 2.45) is 5.73 Å². The summed E-state index contributed by atoms with van der Waals surface area (Å²) in [6.45, 7) is -0.0473. The lowest BCUT2D eigenvalue weighted by molar-refractivity contribution is -0.136. The van der Waals surface area contributed by atoms with E-state index in [1.165, 1.54) is 12.1 Å². The molecule has 0 unspecified atom stereocenters. The smallest absolute Gasteiger partial charge is 0.319 e. The Morgan fingerprint density at radius 1 is 1.28 bits per heavy atom. The van der Waals surface area contributed by atoms with E-state index in [-0.39, 0.29) is 18.7 Å². The minimum absolute atomic E-state index is 0.0126. The molecular formula is C10H10Br2N2O4. The summed E-state index contributed by atoms with van der Waals surface area (Å²) < 4.78 is 0.738. The van der Waals surface area contributed by atoms with Crippen LogP contribution in [0.2, 0.25) is 0 Å². The Bertz CT molecular complexity index is 470. The normalized spacial score (nSPS) is 10.1. The number of halogens is 2. The lowest BCUT2D eigenvalue weighted by Crippen LogP contribution is -2.37. The van der Waals surface area contributed by atoms with E-state index in [1.54, 1.807) is 0 Å². The van der Waals surface area contributed by atoms with Gasteiger partial charge in [0, 0.05) is 12.2 Å². The van der Waals surface area contributed by atoms with Gasteiger partial charge in [-0.3, -0.25) is 9.69 Å². The van der Waals surface area contributed by atoms with E-state index in [0.29, 0.717) is 14.6 Å². The van der Waals surface area contributed by atoms with Gasteiger partial charge in [0.2, 0.25) is 0 Å². The van der Waals surface area contributed by atoms with Gasteiger partial charge in [0.25, 0.3) is 0 Å². The molecule has 0 heterocycles. The molecule has 4 N–H and O–H groups in total. The minimum Gasteiger partial charge on any atom is -0.506 e. The van der Waals surface area contributed by atoms with Crippen LogP contribution in [0, 0.1) is 0 Å². The van der Waals surface area contributed by atoms with Crippen LogP contribution in [0.25, 0.3) is 0 Å². The number of rotatable bonds is 4. The first-order valence-corrected chi connectivity index (χ1v) is 6.38. The number of nitrogens with two attached hydrogens (primary N) is 1. The molecule has 1 rings (SSSR count). The molecule has 1 aromatic carbocycles. The first-order valence-electron chi connectivity index (χ1n) is 4.79. The zero-order valence-electron chi connectivity index (χ0n) is 9.06. The molecule has 2 amide bonds. The molecule has 6 nitrogen and oxygen atoms in total. The van der Waals surface area contributed by atoms with Crippen LogP contribution in [0.3, 0.4) is 0 Å². The van der Waals surface area contributed by atoms with E-state index in [9.17, 15) is 14.7 Å². The maximum Gasteiger partial charge on any atom is 0.319 e. The molecule has 98 valence electrons. The Balaban J connectivity index is 3.06. The van der Waals surface area contributed by atoms with Crippen LogP contribution in [-0.4, -0.2) is 28.8 Å². The van der Waals surface area contributed by atoms with Crippen molar-refractivity contribution in [2.45, 2.75) is 6.42 Å². The summed E-state index contributed by atoms with van der Waals surface area (Å²) in [6, 6.07) is 2.19. The quantitative estimate of drug-likeness (QED) is 0.744. The van der Waals surface area contributed by atoms with Gasteiger partial charge < -0.3 is 15.9 Å². The Hall–Kier alpha value is -1.28. The lowest BCUT2D eigenvalue weighted by atomic mass is 10.2. The van der Waals surface area contributed by atoms with Gasteiger partial charge in [0.1, 0.15) is 5.75 Å². The summed E-state index contributed by atoms with van der Waals surface area (Å²) in [6.07, 6.45) is -0.223. The first kappa shape index (κ1) is 14.8. The second-order valence-electron chi connectivity index (χ2n) is 3.39. The van der Waals surface area contributed by atoms with Crippen LogP contribution in [0.1, 0.15) is 6.42 Å². The Labute approximate surface area is 120 Å². The van der Waals surface area contributed by atoms with Crippen molar-refractivity contribution in [3.05, 3.63) is 21.1 Å². The van der Waals surface area contributed by atoms with E-state index in [0.717, 1.165) is 4.90 Å². The number of amides is 2.